The lowest BCUT2D eigenvalue weighted by Crippen LogP contribution is -2.49. The Morgan fingerprint density at radius 2 is 1.96 bits per heavy atom. The molecule has 1 fully saturated rings. The minimum Gasteiger partial charge on any atom is -0.464 e. The SMILES string of the molecule is CC(=O)OCC1O[C@@H](Oc2ccc([N+](=O)[O-])cc2C=O)C(C)[C@@H](C)[C@@H]1C. The summed E-state index contributed by atoms with van der Waals surface area (Å²) in [6, 6.07) is 3.83. The van der Waals surface area contributed by atoms with Crippen LogP contribution in [0.1, 0.15) is 38.1 Å². The maximum absolute atomic E-state index is 11.3. The van der Waals surface area contributed by atoms with Crippen molar-refractivity contribution in [3.63, 3.8) is 0 Å². The van der Waals surface area contributed by atoms with Gasteiger partial charge >= 0.3 is 5.97 Å². The van der Waals surface area contributed by atoms with Crippen molar-refractivity contribution in [3.05, 3.63) is 33.9 Å². The lowest BCUT2D eigenvalue weighted by atomic mass is 9.79. The summed E-state index contributed by atoms with van der Waals surface area (Å²) in [6.45, 7) is 7.51. The lowest BCUT2D eigenvalue weighted by Gasteiger charge is -2.43. The summed E-state index contributed by atoms with van der Waals surface area (Å²) >= 11 is 0. The van der Waals surface area contributed by atoms with Crippen LogP contribution in [0.2, 0.25) is 0 Å². The molecule has 0 spiro atoms. The number of nitro benzene ring substituents is 1. The van der Waals surface area contributed by atoms with Crippen molar-refractivity contribution in [3.8, 4) is 5.75 Å². The summed E-state index contributed by atoms with van der Waals surface area (Å²) < 4.78 is 16.9. The van der Waals surface area contributed by atoms with Crippen molar-refractivity contribution < 1.29 is 28.7 Å². The van der Waals surface area contributed by atoms with Crippen LogP contribution in [-0.2, 0) is 14.3 Å². The van der Waals surface area contributed by atoms with Gasteiger partial charge in [-0.15, -0.1) is 0 Å². The normalized spacial score (nSPS) is 28.2. The zero-order valence-electron chi connectivity index (χ0n) is 15.2. The largest absolute Gasteiger partial charge is 0.464 e. The van der Waals surface area contributed by atoms with Gasteiger partial charge < -0.3 is 14.2 Å². The van der Waals surface area contributed by atoms with Gasteiger partial charge in [0.05, 0.1) is 16.6 Å². The third kappa shape index (κ3) is 4.37. The zero-order chi connectivity index (χ0) is 19.4. The number of hydrogen-bond acceptors (Lipinski definition) is 7. The predicted molar refractivity (Wildman–Crippen MR) is 91.9 cm³/mol. The van der Waals surface area contributed by atoms with Gasteiger partial charge in [0.2, 0.25) is 6.29 Å². The van der Waals surface area contributed by atoms with E-state index in [2.05, 4.69) is 6.92 Å². The van der Waals surface area contributed by atoms with E-state index < -0.39 is 11.2 Å². The van der Waals surface area contributed by atoms with E-state index in [0.29, 0.717) is 6.29 Å². The number of ether oxygens (including phenoxy) is 3. The van der Waals surface area contributed by atoms with Gasteiger partial charge in [0.1, 0.15) is 12.4 Å². The van der Waals surface area contributed by atoms with Crippen LogP contribution in [0, 0.1) is 27.9 Å². The van der Waals surface area contributed by atoms with Gasteiger partial charge in [0.15, 0.2) is 6.29 Å². The van der Waals surface area contributed by atoms with Crippen molar-refractivity contribution in [1.82, 2.24) is 0 Å². The van der Waals surface area contributed by atoms with Crippen LogP contribution in [0.15, 0.2) is 18.2 Å². The minimum absolute atomic E-state index is 0.00766. The van der Waals surface area contributed by atoms with E-state index in [1.165, 1.54) is 19.1 Å². The van der Waals surface area contributed by atoms with Crippen molar-refractivity contribution >= 4 is 17.9 Å². The molecule has 0 amide bonds. The summed E-state index contributed by atoms with van der Waals surface area (Å²) in [7, 11) is 0. The lowest BCUT2D eigenvalue weighted by molar-refractivity contribution is -0.384. The summed E-state index contributed by atoms with van der Waals surface area (Å²) in [5.74, 6) is 0.200. The molecular weight excluding hydrogens is 342 g/mol. The summed E-state index contributed by atoms with van der Waals surface area (Å²) in [6.07, 6.45) is -0.493. The Labute approximate surface area is 151 Å². The topological polar surface area (TPSA) is 105 Å². The van der Waals surface area contributed by atoms with Crippen LogP contribution >= 0.6 is 0 Å². The highest BCUT2D eigenvalue weighted by atomic mass is 16.7. The molecule has 2 unspecified atom stereocenters. The summed E-state index contributed by atoms with van der Waals surface area (Å²) in [5.41, 5.74) is -0.107. The first-order valence-electron chi connectivity index (χ1n) is 8.43. The smallest absolute Gasteiger partial charge is 0.302 e. The standard InChI is InChI=1S/C18H23NO7/c1-10-11(2)17(9-24-13(4)21)26-18(12(10)3)25-16-6-5-15(19(22)23)7-14(16)8-20/h5-8,10-12,17-18H,9H2,1-4H3/t10-,11-,12?,17?,18+/m0/s1. The van der Waals surface area contributed by atoms with Crippen LogP contribution in [-0.4, -0.2) is 36.2 Å². The Morgan fingerprint density at radius 1 is 1.27 bits per heavy atom. The first-order valence-corrected chi connectivity index (χ1v) is 8.43. The molecular formula is C18H23NO7. The first kappa shape index (κ1) is 19.8. The molecule has 1 saturated heterocycles. The van der Waals surface area contributed by atoms with Gasteiger partial charge in [0, 0.05) is 25.0 Å². The van der Waals surface area contributed by atoms with Crippen molar-refractivity contribution in [2.24, 2.45) is 17.8 Å². The minimum atomic E-state index is -0.665. The van der Waals surface area contributed by atoms with Gasteiger partial charge in [-0.3, -0.25) is 19.7 Å². The molecule has 1 aromatic carbocycles. The fourth-order valence-corrected chi connectivity index (χ4v) is 2.99. The van der Waals surface area contributed by atoms with Gasteiger partial charge in [-0.05, 0) is 17.9 Å². The van der Waals surface area contributed by atoms with Crippen LogP contribution in [0.3, 0.4) is 0 Å². The van der Waals surface area contributed by atoms with Gasteiger partial charge in [0.25, 0.3) is 5.69 Å². The molecule has 1 aromatic rings. The molecule has 1 heterocycles. The summed E-state index contributed by atoms with van der Waals surface area (Å²) in [5, 5.41) is 10.9. The van der Waals surface area contributed by atoms with Gasteiger partial charge in [-0.25, -0.2) is 0 Å². The van der Waals surface area contributed by atoms with Crippen LogP contribution in [0.4, 0.5) is 5.69 Å². The number of non-ortho nitro benzene ring substituents is 1. The molecule has 8 heteroatoms. The number of nitro groups is 1. The maximum atomic E-state index is 11.3. The van der Waals surface area contributed by atoms with Crippen LogP contribution in [0.5, 0.6) is 5.75 Å². The van der Waals surface area contributed by atoms with E-state index in [1.807, 2.05) is 13.8 Å². The van der Waals surface area contributed by atoms with Crippen LogP contribution in [0.25, 0.3) is 0 Å². The molecule has 2 rings (SSSR count). The molecule has 1 aliphatic rings. The molecule has 0 saturated carbocycles. The molecule has 1 aliphatic heterocycles. The Morgan fingerprint density at radius 3 is 2.54 bits per heavy atom. The van der Waals surface area contributed by atoms with Gasteiger partial charge in [-0.2, -0.15) is 0 Å². The van der Waals surface area contributed by atoms with E-state index in [1.54, 1.807) is 0 Å². The Hall–Kier alpha value is -2.48. The van der Waals surface area contributed by atoms with Crippen molar-refractivity contribution in [2.75, 3.05) is 6.61 Å². The fourth-order valence-electron chi connectivity index (χ4n) is 2.99. The molecule has 142 valence electrons. The number of nitrogens with zero attached hydrogens (tertiary/aromatic N) is 1. The highest BCUT2D eigenvalue weighted by Crippen LogP contribution is 2.37. The highest BCUT2D eigenvalue weighted by Gasteiger charge is 2.41. The molecule has 26 heavy (non-hydrogen) atoms. The molecule has 0 N–H and O–H groups in total. The molecule has 5 atom stereocenters. The van der Waals surface area contributed by atoms with E-state index in [9.17, 15) is 19.7 Å². The average molecular weight is 365 g/mol. The Balaban J connectivity index is 2.20. The number of rotatable bonds is 6. The number of aldehydes is 1. The molecule has 0 aliphatic carbocycles. The average Bonchev–Trinajstić information content (AvgIpc) is 2.61. The fraction of sp³-hybridized carbons (Fsp3) is 0.556. The second-order valence-electron chi connectivity index (χ2n) is 6.64. The maximum Gasteiger partial charge on any atom is 0.302 e. The van der Waals surface area contributed by atoms with E-state index >= 15 is 0 Å². The molecule has 0 bridgehead atoms. The quantitative estimate of drug-likeness (QED) is 0.330. The van der Waals surface area contributed by atoms with Crippen LogP contribution < -0.4 is 4.74 Å². The predicted octanol–water partition coefficient (Wildman–Crippen LogP) is 2.98. The summed E-state index contributed by atoms with van der Waals surface area (Å²) in [4.78, 5) is 32.6. The third-order valence-electron chi connectivity index (χ3n) is 5.01. The van der Waals surface area contributed by atoms with Crippen molar-refractivity contribution in [1.29, 1.82) is 0 Å². The Bertz CT molecular complexity index is 690. The monoisotopic (exact) mass is 365 g/mol. The second kappa shape index (κ2) is 8.27. The number of carbonyl (C=O) groups is 2. The highest BCUT2D eigenvalue weighted by molar-refractivity contribution is 5.80. The number of hydrogen-bond donors (Lipinski definition) is 0. The van der Waals surface area contributed by atoms with E-state index in [0.717, 1.165) is 6.07 Å². The number of esters is 1. The van der Waals surface area contributed by atoms with E-state index in [-0.39, 0.29) is 53.4 Å². The molecule has 0 radical (unpaired) electrons. The molecule has 0 aromatic heterocycles. The first-order chi connectivity index (χ1) is 12.2. The number of carbonyl (C=O) groups excluding carboxylic acids is 2. The van der Waals surface area contributed by atoms with E-state index in [4.69, 9.17) is 14.2 Å². The van der Waals surface area contributed by atoms with Crippen molar-refractivity contribution in [2.45, 2.75) is 40.1 Å². The second-order valence-corrected chi connectivity index (χ2v) is 6.64. The molecule has 8 nitrogen and oxygen atoms in total. The number of benzene rings is 1. The third-order valence-corrected chi connectivity index (χ3v) is 5.01. The zero-order valence-corrected chi connectivity index (χ0v) is 15.2. The Kier molecular flexibility index (Phi) is 6.31. The van der Waals surface area contributed by atoms with Gasteiger partial charge in [-0.1, -0.05) is 20.8 Å².